The lowest BCUT2D eigenvalue weighted by Gasteiger charge is -2.12. The fraction of sp³-hybridized carbons (Fsp3) is 1.00. The Hall–Kier alpha value is -0.0100. The minimum Gasteiger partial charge on any atom is -0.329 e. The molecule has 0 aliphatic rings. The van der Waals surface area contributed by atoms with Crippen LogP contribution < -0.4 is 21.8 Å². The van der Waals surface area contributed by atoms with E-state index >= 15 is 0 Å². The molecule has 0 aliphatic carbocycles. The minimum absolute atomic E-state index is 0.219. The van der Waals surface area contributed by atoms with Crippen LogP contribution in [0, 0.1) is 0 Å². The average molecular weight is 310 g/mol. The molecule has 0 spiro atoms. The van der Waals surface area contributed by atoms with Gasteiger partial charge in [0.2, 0.25) is 0 Å². The fourth-order valence-electron chi connectivity index (χ4n) is 1.60. The molecule has 0 aromatic carbocycles. The van der Waals surface area contributed by atoms with Gasteiger partial charge in [-0.25, -0.2) is 4.62 Å². The second-order valence-electron chi connectivity index (χ2n) is 4.70. The van der Waals surface area contributed by atoms with E-state index < -0.39 is 7.60 Å². The van der Waals surface area contributed by atoms with Gasteiger partial charge < -0.3 is 21.3 Å². The third kappa shape index (κ3) is 14.4. The van der Waals surface area contributed by atoms with Gasteiger partial charge in [0.25, 0.3) is 0 Å². The molecule has 0 aromatic rings. The van der Waals surface area contributed by atoms with Crippen molar-refractivity contribution in [2.24, 2.45) is 5.73 Å². The zero-order chi connectivity index (χ0) is 15.1. The molecule has 0 aliphatic heterocycles. The van der Waals surface area contributed by atoms with Crippen molar-refractivity contribution < 1.29 is 14.1 Å². The summed E-state index contributed by atoms with van der Waals surface area (Å²) in [6.45, 7) is 6.42. The van der Waals surface area contributed by atoms with Crippen LogP contribution in [0.5, 0.6) is 0 Å². The van der Waals surface area contributed by atoms with Crippen LogP contribution in [0.15, 0.2) is 0 Å². The molecule has 1 unspecified atom stereocenters. The molecule has 1 atom stereocenters. The van der Waals surface area contributed by atoms with Gasteiger partial charge in [0.1, 0.15) is 0 Å². The summed E-state index contributed by atoms with van der Waals surface area (Å²) in [5.41, 5.74) is 7.89. The van der Waals surface area contributed by atoms with Crippen molar-refractivity contribution in [3.8, 4) is 0 Å². The van der Waals surface area contributed by atoms with E-state index in [9.17, 15) is 9.46 Å². The van der Waals surface area contributed by atoms with E-state index in [0.29, 0.717) is 19.6 Å². The average Bonchev–Trinajstić information content (AvgIpc) is 2.42. The Balaban J connectivity index is 3.33. The fourth-order valence-corrected chi connectivity index (χ4v) is 2.61. The number of hydroxylamine groups is 1. The lowest BCUT2D eigenvalue weighted by molar-refractivity contribution is 0.166. The van der Waals surface area contributed by atoms with Crippen molar-refractivity contribution in [1.82, 2.24) is 16.1 Å². The maximum absolute atomic E-state index is 11.6. The largest absolute Gasteiger partial charge is 0.344 e. The molecule has 20 heavy (non-hydrogen) atoms. The van der Waals surface area contributed by atoms with Gasteiger partial charge >= 0.3 is 7.60 Å². The highest BCUT2D eigenvalue weighted by Gasteiger charge is 2.18. The molecule has 8 heteroatoms. The van der Waals surface area contributed by atoms with Crippen LogP contribution in [0.4, 0.5) is 0 Å². The Morgan fingerprint density at radius 3 is 2.35 bits per heavy atom. The van der Waals surface area contributed by atoms with E-state index in [2.05, 4.69) is 23.0 Å². The first kappa shape index (κ1) is 20.0. The number of rotatable bonds is 15. The van der Waals surface area contributed by atoms with Crippen molar-refractivity contribution in [2.45, 2.75) is 32.6 Å². The molecule has 0 saturated carbocycles. The van der Waals surface area contributed by atoms with Gasteiger partial charge in [-0.1, -0.05) is 26.2 Å². The highest BCUT2D eigenvalue weighted by atomic mass is 31.2. The Morgan fingerprint density at radius 1 is 1.05 bits per heavy atom. The van der Waals surface area contributed by atoms with Crippen molar-refractivity contribution in [2.75, 3.05) is 45.4 Å². The van der Waals surface area contributed by atoms with Crippen molar-refractivity contribution in [1.29, 1.82) is 0 Å². The van der Waals surface area contributed by atoms with E-state index in [4.69, 9.17) is 10.4 Å². The normalized spacial score (nSPS) is 14.3. The molecule has 7 nitrogen and oxygen atoms in total. The molecule has 0 amide bonds. The van der Waals surface area contributed by atoms with Crippen LogP contribution >= 0.6 is 7.60 Å². The summed E-state index contributed by atoms with van der Waals surface area (Å²) >= 11 is 0. The summed E-state index contributed by atoms with van der Waals surface area (Å²) < 4.78 is 16.5. The first-order valence-electron chi connectivity index (χ1n) is 7.47. The van der Waals surface area contributed by atoms with Gasteiger partial charge in [0.05, 0.1) is 6.16 Å². The monoisotopic (exact) mass is 310 g/mol. The molecular formula is C12H31N4O3P. The Labute approximate surface area is 122 Å². The minimum atomic E-state index is -3.47. The summed E-state index contributed by atoms with van der Waals surface area (Å²) in [5, 5.41) is 6.33. The van der Waals surface area contributed by atoms with Crippen LogP contribution in [0.3, 0.4) is 0 Å². The van der Waals surface area contributed by atoms with Gasteiger partial charge in [-0.3, -0.25) is 4.57 Å². The van der Waals surface area contributed by atoms with Crippen molar-refractivity contribution in [3.63, 3.8) is 0 Å². The number of nitrogens with two attached hydrogens (primary N) is 1. The first-order valence-corrected chi connectivity index (χ1v) is 9.23. The smallest absolute Gasteiger partial charge is 0.329 e. The highest BCUT2D eigenvalue weighted by molar-refractivity contribution is 7.52. The molecule has 0 bridgehead atoms. The second kappa shape index (κ2) is 13.9. The SMILES string of the molecule is CCCCCCP(=O)(O)ONCCNCCNCCN. The molecule has 0 rings (SSSR count). The summed E-state index contributed by atoms with van der Waals surface area (Å²) in [6, 6.07) is 0. The van der Waals surface area contributed by atoms with Crippen molar-refractivity contribution >= 4 is 7.60 Å². The predicted octanol–water partition coefficient (Wildman–Crippen LogP) is 0.411. The molecule has 0 fully saturated rings. The van der Waals surface area contributed by atoms with Crippen molar-refractivity contribution in [3.05, 3.63) is 0 Å². The van der Waals surface area contributed by atoms with Gasteiger partial charge in [-0.2, -0.15) is 5.48 Å². The molecule has 6 N–H and O–H groups in total. The molecule has 0 aromatic heterocycles. The number of hydrogen-bond acceptors (Lipinski definition) is 6. The molecule has 0 saturated heterocycles. The Morgan fingerprint density at radius 2 is 1.70 bits per heavy atom. The highest BCUT2D eigenvalue weighted by Crippen LogP contribution is 2.41. The predicted molar refractivity (Wildman–Crippen MR) is 82.7 cm³/mol. The lowest BCUT2D eigenvalue weighted by atomic mass is 10.2. The topological polar surface area (TPSA) is 109 Å². The third-order valence-corrected chi connectivity index (χ3v) is 4.00. The van der Waals surface area contributed by atoms with Crippen LogP contribution in [0.2, 0.25) is 0 Å². The van der Waals surface area contributed by atoms with Crippen LogP contribution in [-0.2, 0) is 9.19 Å². The van der Waals surface area contributed by atoms with Gasteiger partial charge in [-0.15, -0.1) is 0 Å². The molecular weight excluding hydrogens is 279 g/mol. The van der Waals surface area contributed by atoms with Gasteiger partial charge in [-0.05, 0) is 6.42 Å². The number of nitrogens with one attached hydrogen (secondary N) is 3. The van der Waals surface area contributed by atoms with Crippen LogP contribution in [0.25, 0.3) is 0 Å². The zero-order valence-electron chi connectivity index (χ0n) is 12.6. The van der Waals surface area contributed by atoms with E-state index in [-0.39, 0.29) is 6.16 Å². The lowest BCUT2D eigenvalue weighted by Crippen LogP contribution is -2.34. The van der Waals surface area contributed by atoms with Crippen LogP contribution in [0.1, 0.15) is 32.6 Å². The van der Waals surface area contributed by atoms with E-state index in [1.165, 1.54) is 0 Å². The van der Waals surface area contributed by atoms with E-state index in [1.54, 1.807) is 0 Å². The number of hydrogen-bond donors (Lipinski definition) is 5. The molecule has 0 heterocycles. The quantitative estimate of drug-likeness (QED) is 0.169. The van der Waals surface area contributed by atoms with E-state index in [1.807, 2.05) is 0 Å². The Kier molecular flexibility index (Phi) is 13.9. The summed E-state index contributed by atoms with van der Waals surface area (Å²) in [6.07, 6.45) is 4.13. The molecule has 122 valence electrons. The second-order valence-corrected chi connectivity index (χ2v) is 6.60. The maximum atomic E-state index is 11.6. The molecule has 0 radical (unpaired) electrons. The van der Waals surface area contributed by atoms with Crippen LogP contribution in [-0.4, -0.2) is 50.3 Å². The standard InChI is InChI=1S/C12H31N4O3P/c1-2-3-4-5-12-20(17,18)19-16-11-10-15-9-8-14-7-6-13/h14-16H,2-13H2,1H3,(H,17,18). The summed E-state index contributed by atoms with van der Waals surface area (Å²) in [4.78, 5) is 9.54. The summed E-state index contributed by atoms with van der Waals surface area (Å²) in [5.74, 6) is 0. The first-order chi connectivity index (χ1) is 9.62. The van der Waals surface area contributed by atoms with E-state index in [0.717, 1.165) is 45.3 Å². The zero-order valence-corrected chi connectivity index (χ0v) is 13.5. The summed E-state index contributed by atoms with van der Waals surface area (Å²) in [7, 11) is -3.47. The maximum Gasteiger partial charge on any atom is 0.344 e. The third-order valence-electron chi connectivity index (χ3n) is 2.70. The number of unbranched alkanes of at least 4 members (excludes halogenated alkanes) is 3. The Bertz CT molecular complexity index is 257. The van der Waals surface area contributed by atoms with Gasteiger partial charge in [0.15, 0.2) is 0 Å². The van der Waals surface area contributed by atoms with Gasteiger partial charge in [0, 0.05) is 39.3 Å².